The molecule has 6 heteroatoms. The van der Waals surface area contributed by atoms with E-state index in [0.717, 1.165) is 37.6 Å². The maximum atomic E-state index is 13.0. The van der Waals surface area contributed by atoms with Crippen LogP contribution in [0.25, 0.3) is 0 Å². The number of likely N-dealkylation sites (N-methyl/N-ethyl adjacent to an activating group) is 1. The largest absolute Gasteiger partial charge is 0.355 e. The standard InChI is InChI=1S/C15H18FN5/c1-20(14-6-7-17-11-19-14)13-3-2-8-21(10-13)15-5-4-12(16)9-18-15/h4-7,9,11,13H,2-3,8,10H2,1H3. The first-order chi connectivity index (χ1) is 10.2. The first-order valence-corrected chi connectivity index (χ1v) is 7.09. The normalized spacial score (nSPS) is 18.6. The first-order valence-electron chi connectivity index (χ1n) is 7.09. The van der Waals surface area contributed by atoms with Gasteiger partial charge in [0.1, 0.15) is 23.8 Å². The molecular weight excluding hydrogens is 269 g/mol. The number of pyridine rings is 1. The molecule has 0 radical (unpaired) electrons. The van der Waals surface area contributed by atoms with Gasteiger partial charge in [0.05, 0.1) is 6.20 Å². The van der Waals surface area contributed by atoms with E-state index in [9.17, 15) is 4.39 Å². The minimum atomic E-state index is -0.301. The minimum absolute atomic E-state index is 0.301. The summed E-state index contributed by atoms with van der Waals surface area (Å²) in [5, 5.41) is 0. The lowest BCUT2D eigenvalue weighted by Crippen LogP contribution is -2.47. The second kappa shape index (κ2) is 6.03. The van der Waals surface area contributed by atoms with Crippen LogP contribution in [-0.2, 0) is 0 Å². The van der Waals surface area contributed by atoms with Crippen molar-refractivity contribution >= 4 is 11.6 Å². The van der Waals surface area contributed by atoms with E-state index in [1.54, 1.807) is 18.6 Å². The molecule has 0 amide bonds. The van der Waals surface area contributed by atoms with E-state index in [0.29, 0.717) is 6.04 Å². The van der Waals surface area contributed by atoms with Crippen molar-refractivity contribution in [2.24, 2.45) is 0 Å². The highest BCUT2D eigenvalue weighted by molar-refractivity contribution is 5.42. The molecule has 3 rings (SSSR count). The molecule has 1 aliphatic rings. The van der Waals surface area contributed by atoms with Gasteiger partial charge in [-0.3, -0.25) is 0 Å². The molecule has 5 nitrogen and oxygen atoms in total. The molecule has 0 N–H and O–H groups in total. The molecule has 110 valence electrons. The molecule has 1 aliphatic heterocycles. The zero-order valence-corrected chi connectivity index (χ0v) is 12.0. The summed E-state index contributed by atoms with van der Waals surface area (Å²) < 4.78 is 13.0. The molecule has 1 atom stereocenters. The summed E-state index contributed by atoms with van der Waals surface area (Å²) in [4.78, 5) is 16.8. The van der Waals surface area contributed by atoms with Crippen LogP contribution in [0.1, 0.15) is 12.8 Å². The van der Waals surface area contributed by atoms with Crippen molar-refractivity contribution in [2.75, 3.05) is 29.9 Å². The molecule has 1 fully saturated rings. The van der Waals surface area contributed by atoms with Crippen LogP contribution in [0.4, 0.5) is 16.0 Å². The van der Waals surface area contributed by atoms with Crippen LogP contribution in [0.5, 0.6) is 0 Å². The highest BCUT2D eigenvalue weighted by Crippen LogP contribution is 2.22. The van der Waals surface area contributed by atoms with Gasteiger partial charge in [-0.25, -0.2) is 19.3 Å². The van der Waals surface area contributed by atoms with Gasteiger partial charge < -0.3 is 9.80 Å². The third-order valence-electron chi connectivity index (χ3n) is 3.91. The van der Waals surface area contributed by atoms with Crippen molar-refractivity contribution in [3.8, 4) is 0 Å². The van der Waals surface area contributed by atoms with Crippen LogP contribution in [0.2, 0.25) is 0 Å². The number of hydrogen-bond acceptors (Lipinski definition) is 5. The summed E-state index contributed by atoms with van der Waals surface area (Å²) >= 11 is 0. The van der Waals surface area contributed by atoms with Crippen molar-refractivity contribution in [1.29, 1.82) is 0 Å². The van der Waals surface area contributed by atoms with E-state index in [-0.39, 0.29) is 5.82 Å². The van der Waals surface area contributed by atoms with Gasteiger partial charge in [-0.15, -0.1) is 0 Å². The number of anilines is 2. The molecule has 1 unspecified atom stereocenters. The van der Waals surface area contributed by atoms with Crippen molar-refractivity contribution in [3.63, 3.8) is 0 Å². The number of hydrogen-bond donors (Lipinski definition) is 0. The fourth-order valence-corrected chi connectivity index (χ4v) is 2.71. The lowest BCUT2D eigenvalue weighted by molar-refractivity contribution is 0.482. The Balaban J connectivity index is 1.72. The van der Waals surface area contributed by atoms with Gasteiger partial charge in [0.25, 0.3) is 0 Å². The van der Waals surface area contributed by atoms with E-state index < -0.39 is 0 Å². The Labute approximate surface area is 123 Å². The lowest BCUT2D eigenvalue weighted by atomic mass is 10.0. The van der Waals surface area contributed by atoms with E-state index in [2.05, 4.69) is 31.8 Å². The zero-order chi connectivity index (χ0) is 14.7. The monoisotopic (exact) mass is 287 g/mol. The van der Waals surface area contributed by atoms with Crippen LogP contribution in [0.15, 0.2) is 36.9 Å². The van der Waals surface area contributed by atoms with Crippen LogP contribution in [-0.4, -0.2) is 41.1 Å². The van der Waals surface area contributed by atoms with E-state index in [1.807, 2.05) is 6.07 Å². The van der Waals surface area contributed by atoms with Gasteiger partial charge in [0.15, 0.2) is 0 Å². The predicted octanol–water partition coefficient (Wildman–Crippen LogP) is 2.12. The Morgan fingerprint density at radius 1 is 1.29 bits per heavy atom. The van der Waals surface area contributed by atoms with Crippen molar-refractivity contribution in [3.05, 3.63) is 42.7 Å². The van der Waals surface area contributed by atoms with Crippen molar-refractivity contribution in [1.82, 2.24) is 15.0 Å². The minimum Gasteiger partial charge on any atom is -0.355 e. The molecule has 0 bridgehead atoms. The maximum Gasteiger partial charge on any atom is 0.141 e. The fourth-order valence-electron chi connectivity index (χ4n) is 2.71. The van der Waals surface area contributed by atoms with Gasteiger partial charge in [0, 0.05) is 32.4 Å². The zero-order valence-electron chi connectivity index (χ0n) is 12.0. The van der Waals surface area contributed by atoms with Gasteiger partial charge in [-0.05, 0) is 31.0 Å². The predicted molar refractivity (Wildman–Crippen MR) is 79.9 cm³/mol. The smallest absolute Gasteiger partial charge is 0.141 e. The quantitative estimate of drug-likeness (QED) is 0.865. The Morgan fingerprint density at radius 2 is 2.19 bits per heavy atom. The SMILES string of the molecule is CN(c1ccncn1)C1CCCN(c2ccc(F)cn2)C1. The van der Waals surface area contributed by atoms with E-state index in [4.69, 9.17) is 0 Å². The Kier molecular flexibility index (Phi) is 3.94. The molecule has 0 aromatic carbocycles. The number of halogens is 1. The molecule has 21 heavy (non-hydrogen) atoms. The molecule has 0 aliphatic carbocycles. The van der Waals surface area contributed by atoms with Gasteiger partial charge in [0.2, 0.25) is 0 Å². The van der Waals surface area contributed by atoms with Gasteiger partial charge in [-0.2, -0.15) is 0 Å². The average Bonchev–Trinajstić information content (AvgIpc) is 2.56. The van der Waals surface area contributed by atoms with Crippen LogP contribution in [0, 0.1) is 5.82 Å². The number of nitrogens with zero attached hydrogens (tertiary/aromatic N) is 5. The number of rotatable bonds is 3. The molecular formula is C15H18FN5. The maximum absolute atomic E-state index is 13.0. The highest BCUT2D eigenvalue weighted by Gasteiger charge is 2.24. The lowest BCUT2D eigenvalue weighted by Gasteiger charge is -2.38. The topological polar surface area (TPSA) is 45.2 Å². The molecule has 1 saturated heterocycles. The molecule has 0 saturated carbocycles. The fraction of sp³-hybridized carbons (Fsp3) is 0.400. The first kappa shape index (κ1) is 13.7. The Bertz CT molecular complexity index is 574. The van der Waals surface area contributed by atoms with E-state index in [1.165, 1.54) is 12.3 Å². The third kappa shape index (κ3) is 3.09. The second-order valence-corrected chi connectivity index (χ2v) is 5.26. The van der Waals surface area contributed by atoms with Crippen molar-refractivity contribution < 1.29 is 4.39 Å². The summed E-state index contributed by atoms with van der Waals surface area (Å²) in [6.07, 6.45) is 6.78. The summed E-state index contributed by atoms with van der Waals surface area (Å²) in [5.74, 6) is 1.45. The molecule has 0 spiro atoms. The molecule has 2 aromatic heterocycles. The summed E-state index contributed by atoms with van der Waals surface area (Å²) in [7, 11) is 2.05. The Hall–Kier alpha value is -2.24. The highest BCUT2D eigenvalue weighted by atomic mass is 19.1. The van der Waals surface area contributed by atoms with Crippen LogP contribution >= 0.6 is 0 Å². The van der Waals surface area contributed by atoms with Crippen LogP contribution < -0.4 is 9.80 Å². The third-order valence-corrected chi connectivity index (χ3v) is 3.91. The van der Waals surface area contributed by atoms with Crippen LogP contribution in [0.3, 0.4) is 0 Å². The van der Waals surface area contributed by atoms with E-state index >= 15 is 0 Å². The van der Waals surface area contributed by atoms with Gasteiger partial charge >= 0.3 is 0 Å². The number of piperidine rings is 1. The second-order valence-electron chi connectivity index (χ2n) is 5.26. The summed E-state index contributed by atoms with van der Waals surface area (Å²) in [6.45, 7) is 1.81. The van der Waals surface area contributed by atoms with Crippen molar-refractivity contribution in [2.45, 2.75) is 18.9 Å². The summed E-state index contributed by atoms with van der Waals surface area (Å²) in [5.41, 5.74) is 0. The number of aromatic nitrogens is 3. The Morgan fingerprint density at radius 3 is 2.90 bits per heavy atom. The molecule has 2 aromatic rings. The average molecular weight is 287 g/mol. The summed E-state index contributed by atoms with van der Waals surface area (Å²) in [6, 6.07) is 5.47. The van der Waals surface area contributed by atoms with Gasteiger partial charge in [-0.1, -0.05) is 0 Å². The molecule has 3 heterocycles.